The van der Waals surface area contributed by atoms with Crippen LogP contribution in [-0.2, 0) is 0 Å². The Balaban J connectivity index is 2.15. The second-order valence-corrected chi connectivity index (χ2v) is 4.33. The van der Waals surface area contributed by atoms with E-state index in [4.69, 9.17) is 5.84 Å². The first kappa shape index (κ1) is 11.9. The average molecular weight is 234 g/mol. The number of nitrogens with two attached hydrogens (primary N) is 1. The first-order valence-electron chi connectivity index (χ1n) is 5.97. The molecule has 1 saturated carbocycles. The van der Waals surface area contributed by atoms with Crippen molar-refractivity contribution in [2.75, 3.05) is 18.5 Å². The van der Waals surface area contributed by atoms with Gasteiger partial charge in [-0.1, -0.05) is 0 Å². The van der Waals surface area contributed by atoms with E-state index in [9.17, 15) is 4.79 Å². The Hall–Kier alpha value is -1.62. The van der Waals surface area contributed by atoms with Gasteiger partial charge in [-0.25, -0.2) is 10.8 Å². The number of nitrogen functional groups attached to an aromatic ring is 1. The second kappa shape index (κ2) is 5.14. The third kappa shape index (κ3) is 2.74. The summed E-state index contributed by atoms with van der Waals surface area (Å²) in [5.74, 6) is 6.48. The van der Waals surface area contributed by atoms with Crippen LogP contribution >= 0.6 is 0 Å². The molecule has 0 aromatic carbocycles. The van der Waals surface area contributed by atoms with E-state index in [1.165, 1.54) is 12.8 Å². The normalized spacial score (nSPS) is 14.5. The molecule has 1 amide bonds. The Morgan fingerprint density at radius 1 is 1.65 bits per heavy atom. The van der Waals surface area contributed by atoms with E-state index in [-0.39, 0.29) is 5.91 Å². The molecule has 3 N–H and O–H groups in total. The molecule has 0 saturated heterocycles. The molecule has 5 heteroatoms. The Bertz CT molecular complexity index is 403. The first-order chi connectivity index (χ1) is 8.26. The summed E-state index contributed by atoms with van der Waals surface area (Å²) in [5.41, 5.74) is 3.01. The van der Waals surface area contributed by atoms with E-state index >= 15 is 0 Å². The monoisotopic (exact) mass is 234 g/mol. The minimum absolute atomic E-state index is 0.000417. The van der Waals surface area contributed by atoms with Crippen LogP contribution in [0.15, 0.2) is 18.3 Å². The molecule has 1 aromatic heterocycles. The van der Waals surface area contributed by atoms with E-state index in [1.54, 1.807) is 18.3 Å². The number of amides is 1. The highest BCUT2D eigenvalue weighted by atomic mass is 16.2. The Morgan fingerprint density at radius 3 is 3.00 bits per heavy atom. The largest absolute Gasteiger partial charge is 0.339 e. The summed E-state index contributed by atoms with van der Waals surface area (Å²) in [5, 5.41) is 0. The van der Waals surface area contributed by atoms with Crippen molar-refractivity contribution in [2.24, 2.45) is 11.8 Å². The van der Waals surface area contributed by atoms with Crippen LogP contribution in [0.25, 0.3) is 0 Å². The van der Waals surface area contributed by atoms with Crippen LogP contribution in [-0.4, -0.2) is 28.9 Å². The maximum absolute atomic E-state index is 12.3. The van der Waals surface area contributed by atoms with E-state index in [1.807, 2.05) is 11.8 Å². The maximum atomic E-state index is 12.3. The lowest BCUT2D eigenvalue weighted by Gasteiger charge is -2.21. The number of hydrogen-bond acceptors (Lipinski definition) is 4. The lowest BCUT2D eigenvalue weighted by molar-refractivity contribution is 0.0757. The van der Waals surface area contributed by atoms with Crippen molar-refractivity contribution in [2.45, 2.75) is 19.8 Å². The fraction of sp³-hybridized carbons (Fsp3) is 0.500. The van der Waals surface area contributed by atoms with Gasteiger partial charge in [0.15, 0.2) is 5.82 Å². The zero-order valence-corrected chi connectivity index (χ0v) is 10.0. The summed E-state index contributed by atoms with van der Waals surface area (Å²) in [4.78, 5) is 18.2. The van der Waals surface area contributed by atoms with Crippen LogP contribution in [0.1, 0.15) is 30.1 Å². The zero-order chi connectivity index (χ0) is 12.3. The van der Waals surface area contributed by atoms with E-state index in [2.05, 4.69) is 10.4 Å². The molecule has 5 nitrogen and oxygen atoms in total. The SMILES string of the molecule is CCN(CC1CC1)C(=O)c1cccnc1NN. The van der Waals surface area contributed by atoms with Crippen molar-refractivity contribution in [1.29, 1.82) is 0 Å². The van der Waals surface area contributed by atoms with E-state index < -0.39 is 0 Å². The summed E-state index contributed by atoms with van der Waals surface area (Å²) in [6.07, 6.45) is 4.08. The second-order valence-electron chi connectivity index (χ2n) is 4.33. The Kier molecular flexibility index (Phi) is 3.58. The first-order valence-corrected chi connectivity index (χ1v) is 5.97. The lowest BCUT2D eigenvalue weighted by Crippen LogP contribution is -2.33. The summed E-state index contributed by atoms with van der Waals surface area (Å²) in [6.45, 7) is 3.55. The van der Waals surface area contributed by atoms with Gasteiger partial charge in [-0.2, -0.15) is 0 Å². The molecule has 0 radical (unpaired) electrons. The fourth-order valence-electron chi connectivity index (χ4n) is 1.83. The van der Waals surface area contributed by atoms with Crippen molar-refractivity contribution in [3.8, 4) is 0 Å². The van der Waals surface area contributed by atoms with Crippen molar-refractivity contribution in [3.63, 3.8) is 0 Å². The number of anilines is 1. The number of rotatable bonds is 5. The number of carbonyl (C=O) groups is 1. The Morgan fingerprint density at radius 2 is 2.41 bits per heavy atom. The molecule has 0 spiro atoms. The van der Waals surface area contributed by atoms with Gasteiger partial charge in [0.05, 0.1) is 5.56 Å². The molecule has 1 fully saturated rings. The molecule has 1 aliphatic rings. The maximum Gasteiger partial charge on any atom is 0.257 e. The summed E-state index contributed by atoms with van der Waals surface area (Å²) < 4.78 is 0. The average Bonchev–Trinajstić information content (AvgIpc) is 3.19. The third-order valence-electron chi connectivity index (χ3n) is 3.02. The molecule has 0 unspecified atom stereocenters. The van der Waals surface area contributed by atoms with Crippen molar-refractivity contribution in [3.05, 3.63) is 23.9 Å². The molecule has 17 heavy (non-hydrogen) atoms. The highest BCUT2D eigenvalue weighted by molar-refractivity contribution is 5.98. The molecule has 0 atom stereocenters. The van der Waals surface area contributed by atoms with Gasteiger partial charge in [-0.15, -0.1) is 0 Å². The van der Waals surface area contributed by atoms with Gasteiger partial charge in [0.25, 0.3) is 5.91 Å². The van der Waals surface area contributed by atoms with Gasteiger partial charge < -0.3 is 10.3 Å². The van der Waals surface area contributed by atoms with Crippen LogP contribution in [0.2, 0.25) is 0 Å². The number of nitrogens with zero attached hydrogens (tertiary/aromatic N) is 2. The van der Waals surface area contributed by atoms with Gasteiger partial charge >= 0.3 is 0 Å². The number of aromatic nitrogens is 1. The predicted molar refractivity (Wildman–Crippen MR) is 66.3 cm³/mol. The molecular weight excluding hydrogens is 216 g/mol. The minimum atomic E-state index is 0.000417. The quantitative estimate of drug-likeness (QED) is 0.594. The third-order valence-corrected chi connectivity index (χ3v) is 3.02. The highest BCUT2D eigenvalue weighted by Gasteiger charge is 2.27. The smallest absolute Gasteiger partial charge is 0.257 e. The summed E-state index contributed by atoms with van der Waals surface area (Å²) in [7, 11) is 0. The number of hydrazine groups is 1. The number of hydrogen-bond donors (Lipinski definition) is 2. The molecule has 0 aliphatic heterocycles. The van der Waals surface area contributed by atoms with Gasteiger partial charge in [0.1, 0.15) is 0 Å². The molecule has 92 valence electrons. The standard InChI is InChI=1S/C12H18N4O/c1-2-16(8-9-5-6-9)12(17)10-4-3-7-14-11(10)15-13/h3-4,7,9H,2,5-6,8,13H2,1H3,(H,14,15). The van der Waals surface area contributed by atoms with Crippen molar-refractivity contribution in [1.82, 2.24) is 9.88 Å². The van der Waals surface area contributed by atoms with Crippen molar-refractivity contribution < 1.29 is 4.79 Å². The number of carbonyl (C=O) groups excluding carboxylic acids is 1. The van der Waals surface area contributed by atoms with Gasteiger partial charge in [0, 0.05) is 19.3 Å². The van der Waals surface area contributed by atoms with E-state index in [0.29, 0.717) is 23.8 Å². The van der Waals surface area contributed by atoms with Crippen LogP contribution in [0.5, 0.6) is 0 Å². The lowest BCUT2D eigenvalue weighted by atomic mass is 10.2. The van der Waals surface area contributed by atoms with Gasteiger partial charge in [0.2, 0.25) is 0 Å². The molecule has 1 aromatic rings. The van der Waals surface area contributed by atoms with E-state index in [0.717, 1.165) is 6.54 Å². The van der Waals surface area contributed by atoms with Crippen LogP contribution in [0.4, 0.5) is 5.82 Å². The number of pyridine rings is 1. The molecule has 2 rings (SSSR count). The molecule has 1 heterocycles. The molecule has 0 bridgehead atoms. The van der Waals surface area contributed by atoms with Gasteiger partial charge in [-0.3, -0.25) is 4.79 Å². The van der Waals surface area contributed by atoms with Crippen LogP contribution < -0.4 is 11.3 Å². The Labute approximate surface area is 101 Å². The zero-order valence-electron chi connectivity index (χ0n) is 10.0. The highest BCUT2D eigenvalue weighted by Crippen LogP contribution is 2.30. The minimum Gasteiger partial charge on any atom is -0.339 e. The predicted octanol–water partition coefficient (Wildman–Crippen LogP) is 1.24. The fourth-order valence-corrected chi connectivity index (χ4v) is 1.83. The summed E-state index contributed by atoms with van der Waals surface area (Å²) in [6, 6.07) is 3.50. The van der Waals surface area contributed by atoms with Crippen molar-refractivity contribution >= 4 is 11.7 Å². The summed E-state index contributed by atoms with van der Waals surface area (Å²) >= 11 is 0. The van der Waals surface area contributed by atoms with Gasteiger partial charge in [-0.05, 0) is 37.8 Å². The molecule has 1 aliphatic carbocycles. The molecular formula is C12H18N4O. The topological polar surface area (TPSA) is 71.2 Å². The van der Waals surface area contributed by atoms with Crippen LogP contribution in [0.3, 0.4) is 0 Å². The van der Waals surface area contributed by atoms with Crippen LogP contribution in [0, 0.1) is 5.92 Å². The number of nitrogens with one attached hydrogen (secondary N) is 1.